The fourth-order valence-electron chi connectivity index (χ4n) is 3.97. The molecule has 0 unspecified atom stereocenters. The Morgan fingerprint density at radius 3 is 2.73 bits per heavy atom. The van der Waals surface area contributed by atoms with Gasteiger partial charge >= 0.3 is 5.97 Å². The molecule has 2 aromatic carbocycles. The van der Waals surface area contributed by atoms with Crippen molar-refractivity contribution in [1.29, 1.82) is 0 Å². The van der Waals surface area contributed by atoms with Crippen LogP contribution in [0.1, 0.15) is 36.8 Å². The van der Waals surface area contributed by atoms with E-state index in [9.17, 15) is 14.7 Å². The van der Waals surface area contributed by atoms with Crippen molar-refractivity contribution in [2.45, 2.75) is 42.7 Å². The first-order valence-corrected chi connectivity index (χ1v) is 11.9. The largest absolute Gasteiger partial charge is 0.481 e. The molecule has 0 saturated heterocycles. The number of aromatic nitrogens is 1. The number of benzene rings is 2. The summed E-state index contributed by atoms with van der Waals surface area (Å²) in [4.78, 5) is 28.9. The Bertz CT molecular complexity index is 1080. The van der Waals surface area contributed by atoms with Gasteiger partial charge in [0.25, 0.3) is 0 Å². The van der Waals surface area contributed by atoms with E-state index >= 15 is 0 Å². The predicted octanol–water partition coefficient (Wildman–Crippen LogP) is 5.73. The number of nitrogens with zero attached hydrogens (tertiary/aromatic N) is 1. The maximum absolute atomic E-state index is 12.7. The number of hydrogen-bond acceptors (Lipinski definition) is 5. The SMILES string of the molecule is Cc1cccc(CSc2nc3ccc(NC(=O)[C@@H]4CCCC[C@H]4C(=O)O)cc3s2)c1. The number of aryl methyl sites for hydroxylation is 1. The molecule has 0 radical (unpaired) electrons. The maximum atomic E-state index is 12.7. The molecule has 1 aliphatic carbocycles. The monoisotopic (exact) mass is 440 g/mol. The topological polar surface area (TPSA) is 79.3 Å². The summed E-state index contributed by atoms with van der Waals surface area (Å²) in [6.07, 6.45) is 2.97. The lowest BCUT2D eigenvalue weighted by Gasteiger charge is -2.27. The molecule has 1 aliphatic rings. The molecule has 4 rings (SSSR count). The Morgan fingerprint density at radius 1 is 1.17 bits per heavy atom. The third kappa shape index (κ3) is 4.84. The number of carboxylic acid groups (broad SMARTS) is 1. The molecule has 1 fully saturated rings. The molecule has 5 nitrogen and oxygen atoms in total. The van der Waals surface area contributed by atoms with Crippen LogP contribution in [0.5, 0.6) is 0 Å². The molecule has 7 heteroatoms. The number of amides is 1. The molecular weight excluding hydrogens is 416 g/mol. The van der Waals surface area contributed by atoms with Crippen LogP contribution in [0.2, 0.25) is 0 Å². The zero-order valence-corrected chi connectivity index (χ0v) is 18.4. The Hall–Kier alpha value is -2.38. The van der Waals surface area contributed by atoms with E-state index in [0.29, 0.717) is 18.5 Å². The van der Waals surface area contributed by atoms with Crippen LogP contribution in [0, 0.1) is 18.8 Å². The van der Waals surface area contributed by atoms with Crippen LogP contribution in [0.15, 0.2) is 46.8 Å². The van der Waals surface area contributed by atoms with Crippen LogP contribution >= 0.6 is 23.1 Å². The highest BCUT2D eigenvalue weighted by molar-refractivity contribution is 8.00. The molecule has 30 heavy (non-hydrogen) atoms. The van der Waals surface area contributed by atoms with E-state index in [2.05, 4.69) is 41.5 Å². The van der Waals surface area contributed by atoms with Gasteiger partial charge in [0.1, 0.15) is 0 Å². The Kier molecular flexibility index (Phi) is 6.39. The number of anilines is 1. The number of carbonyl (C=O) groups is 2. The van der Waals surface area contributed by atoms with Crippen molar-refractivity contribution in [3.63, 3.8) is 0 Å². The van der Waals surface area contributed by atoms with E-state index in [1.807, 2.05) is 18.2 Å². The molecule has 3 aromatic rings. The van der Waals surface area contributed by atoms with Crippen LogP contribution in [-0.2, 0) is 15.3 Å². The van der Waals surface area contributed by atoms with Crippen molar-refractivity contribution in [3.05, 3.63) is 53.6 Å². The Labute approximate surface area is 183 Å². The van der Waals surface area contributed by atoms with Gasteiger partial charge in [0, 0.05) is 11.4 Å². The third-order valence-corrected chi connectivity index (χ3v) is 7.73. The average molecular weight is 441 g/mol. The fraction of sp³-hybridized carbons (Fsp3) is 0.348. The van der Waals surface area contributed by atoms with Crippen LogP contribution in [0.25, 0.3) is 10.2 Å². The minimum Gasteiger partial charge on any atom is -0.481 e. The Balaban J connectivity index is 1.44. The number of carboxylic acids is 1. The second kappa shape index (κ2) is 9.18. The molecular formula is C23H24N2O3S2. The first-order chi connectivity index (χ1) is 14.5. The standard InChI is InChI=1S/C23H24N2O3S2/c1-14-5-4-6-15(11-14)13-29-23-25-19-10-9-16(12-20(19)30-23)24-21(26)17-7-2-3-8-18(17)22(27)28/h4-6,9-12,17-18H,2-3,7-8,13H2,1H3,(H,24,26)(H,27,28)/t17-,18-/m1/s1. The summed E-state index contributed by atoms with van der Waals surface area (Å²) >= 11 is 3.32. The quantitative estimate of drug-likeness (QED) is 0.479. The van der Waals surface area contributed by atoms with Gasteiger partial charge in [-0.2, -0.15) is 0 Å². The van der Waals surface area contributed by atoms with Crippen molar-refractivity contribution in [2.24, 2.45) is 11.8 Å². The van der Waals surface area contributed by atoms with Crippen LogP contribution in [0.4, 0.5) is 5.69 Å². The van der Waals surface area contributed by atoms with Gasteiger partial charge in [-0.15, -0.1) is 11.3 Å². The lowest BCUT2D eigenvalue weighted by molar-refractivity contribution is -0.147. The second-order valence-corrected chi connectivity index (χ2v) is 10.0. The number of aliphatic carboxylic acids is 1. The molecule has 0 spiro atoms. The summed E-state index contributed by atoms with van der Waals surface area (Å²) in [6.45, 7) is 2.09. The highest BCUT2D eigenvalue weighted by Crippen LogP contribution is 2.34. The molecule has 1 saturated carbocycles. The van der Waals surface area contributed by atoms with Crippen molar-refractivity contribution in [2.75, 3.05) is 5.32 Å². The zero-order chi connectivity index (χ0) is 21.1. The van der Waals surface area contributed by atoms with Crippen molar-refractivity contribution < 1.29 is 14.7 Å². The van der Waals surface area contributed by atoms with E-state index in [4.69, 9.17) is 0 Å². The normalized spacial score (nSPS) is 19.0. The fourth-order valence-corrected chi connectivity index (χ4v) is 6.02. The summed E-state index contributed by atoms with van der Waals surface area (Å²) in [7, 11) is 0. The third-order valence-electron chi connectivity index (χ3n) is 5.50. The molecule has 0 bridgehead atoms. The summed E-state index contributed by atoms with van der Waals surface area (Å²) in [6, 6.07) is 14.1. The summed E-state index contributed by atoms with van der Waals surface area (Å²) in [5, 5.41) is 12.4. The van der Waals surface area contributed by atoms with Crippen molar-refractivity contribution >= 4 is 50.9 Å². The number of thioether (sulfide) groups is 1. The van der Waals surface area contributed by atoms with E-state index in [1.165, 1.54) is 11.1 Å². The van der Waals surface area contributed by atoms with E-state index in [-0.39, 0.29) is 5.91 Å². The lowest BCUT2D eigenvalue weighted by Crippen LogP contribution is -2.36. The maximum Gasteiger partial charge on any atom is 0.307 e. The van der Waals surface area contributed by atoms with E-state index in [1.54, 1.807) is 23.1 Å². The van der Waals surface area contributed by atoms with Gasteiger partial charge in [0.2, 0.25) is 5.91 Å². The number of fused-ring (bicyclic) bond motifs is 1. The van der Waals surface area contributed by atoms with Gasteiger partial charge in [0.15, 0.2) is 4.34 Å². The van der Waals surface area contributed by atoms with Gasteiger partial charge < -0.3 is 10.4 Å². The second-order valence-electron chi connectivity index (χ2n) is 7.76. The van der Waals surface area contributed by atoms with Gasteiger partial charge in [-0.1, -0.05) is 54.4 Å². The van der Waals surface area contributed by atoms with Gasteiger partial charge in [-0.05, 0) is 43.5 Å². The first kappa shape index (κ1) is 20.9. The molecule has 156 valence electrons. The highest BCUT2D eigenvalue weighted by atomic mass is 32.2. The number of rotatable bonds is 6. The van der Waals surface area contributed by atoms with E-state index in [0.717, 1.165) is 33.2 Å². The van der Waals surface area contributed by atoms with Gasteiger partial charge in [-0.25, -0.2) is 4.98 Å². The average Bonchev–Trinajstić information content (AvgIpc) is 3.14. The van der Waals surface area contributed by atoms with Crippen LogP contribution < -0.4 is 5.32 Å². The number of thiazole rings is 1. The molecule has 1 amide bonds. The molecule has 1 heterocycles. The zero-order valence-electron chi connectivity index (χ0n) is 16.8. The minimum absolute atomic E-state index is 0.194. The number of carbonyl (C=O) groups excluding carboxylic acids is 1. The minimum atomic E-state index is -0.872. The number of nitrogens with one attached hydrogen (secondary N) is 1. The van der Waals surface area contributed by atoms with Crippen molar-refractivity contribution in [1.82, 2.24) is 4.98 Å². The van der Waals surface area contributed by atoms with Gasteiger partial charge in [0.05, 0.1) is 22.1 Å². The smallest absolute Gasteiger partial charge is 0.307 e. The highest BCUT2D eigenvalue weighted by Gasteiger charge is 2.35. The molecule has 0 aliphatic heterocycles. The molecule has 2 atom stereocenters. The number of hydrogen-bond donors (Lipinski definition) is 2. The van der Waals surface area contributed by atoms with Crippen LogP contribution in [0.3, 0.4) is 0 Å². The predicted molar refractivity (Wildman–Crippen MR) is 122 cm³/mol. The summed E-state index contributed by atoms with van der Waals surface area (Å²) in [5.74, 6) is -1.25. The van der Waals surface area contributed by atoms with Crippen LogP contribution in [-0.4, -0.2) is 22.0 Å². The molecule has 1 aromatic heterocycles. The lowest BCUT2D eigenvalue weighted by atomic mass is 9.78. The summed E-state index contributed by atoms with van der Waals surface area (Å²) in [5.41, 5.74) is 4.13. The van der Waals surface area contributed by atoms with E-state index < -0.39 is 17.8 Å². The molecule has 2 N–H and O–H groups in total. The summed E-state index contributed by atoms with van der Waals surface area (Å²) < 4.78 is 2.01. The van der Waals surface area contributed by atoms with Gasteiger partial charge in [-0.3, -0.25) is 9.59 Å². The Morgan fingerprint density at radius 2 is 1.97 bits per heavy atom. The van der Waals surface area contributed by atoms with Crippen molar-refractivity contribution in [3.8, 4) is 0 Å². The first-order valence-electron chi connectivity index (χ1n) is 10.1.